The summed E-state index contributed by atoms with van der Waals surface area (Å²) in [7, 11) is 1.63. The van der Waals surface area contributed by atoms with Crippen LogP contribution in [0.2, 0.25) is 0 Å². The van der Waals surface area contributed by atoms with E-state index in [1.54, 1.807) is 24.6 Å². The van der Waals surface area contributed by atoms with Gasteiger partial charge in [0.1, 0.15) is 11.8 Å². The van der Waals surface area contributed by atoms with E-state index in [-0.39, 0.29) is 0 Å². The molecule has 3 aromatic rings. The highest BCUT2D eigenvalue weighted by Crippen LogP contribution is 2.35. The summed E-state index contributed by atoms with van der Waals surface area (Å²) in [4.78, 5) is 4.33. The maximum atomic E-state index is 9.31. The lowest BCUT2D eigenvalue weighted by molar-refractivity contribution is 0.415. The van der Waals surface area contributed by atoms with Crippen molar-refractivity contribution in [3.63, 3.8) is 0 Å². The third-order valence-corrected chi connectivity index (χ3v) is 4.87. The van der Waals surface area contributed by atoms with Gasteiger partial charge in [0.15, 0.2) is 0 Å². The maximum Gasteiger partial charge on any atom is 0.120 e. The molecule has 0 saturated carbocycles. The van der Waals surface area contributed by atoms with Crippen LogP contribution in [0.5, 0.6) is 5.75 Å². The lowest BCUT2D eigenvalue weighted by Crippen LogP contribution is -1.95. The molecule has 0 atom stereocenters. The Morgan fingerprint density at radius 1 is 1.38 bits per heavy atom. The molecule has 6 heteroatoms. The number of fused-ring (bicyclic) bond motifs is 1. The van der Waals surface area contributed by atoms with E-state index in [4.69, 9.17) is 4.74 Å². The first kappa shape index (κ1) is 14.1. The van der Waals surface area contributed by atoms with Gasteiger partial charge in [-0.2, -0.15) is 5.26 Å². The van der Waals surface area contributed by atoms with Crippen LogP contribution in [-0.2, 0) is 0 Å². The van der Waals surface area contributed by atoms with Crippen LogP contribution in [0.3, 0.4) is 0 Å². The number of pyridine rings is 1. The third kappa shape index (κ3) is 2.80. The molecule has 1 aromatic carbocycles. The van der Waals surface area contributed by atoms with Gasteiger partial charge in [0.2, 0.25) is 0 Å². The van der Waals surface area contributed by atoms with Gasteiger partial charge >= 0.3 is 0 Å². The number of methoxy groups -OCH3 is 1. The number of anilines is 2. The number of nitrogens with one attached hydrogen (secondary N) is 1. The highest BCUT2D eigenvalue weighted by molar-refractivity contribution is 14.1. The predicted octanol–water partition coefficient (Wildman–Crippen LogP) is 4.52. The fourth-order valence-electron chi connectivity index (χ4n) is 2.00. The molecule has 3 rings (SSSR count). The van der Waals surface area contributed by atoms with E-state index in [1.165, 1.54) is 0 Å². The number of ether oxygens (including phenoxy) is 1. The van der Waals surface area contributed by atoms with Gasteiger partial charge < -0.3 is 10.1 Å². The topological polar surface area (TPSA) is 57.9 Å². The van der Waals surface area contributed by atoms with Gasteiger partial charge in [0.25, 0.3) is 0 Å². The molecule has 4 nitrogen and oxygen atoms in total. The van der Waals surface area contributed by atoms with Gasteiger partial charge in [-0.3, -0.25) is 4.98 Å². The molecule has 1 N–H and O–H groups in total. The summed E-state index contributed by atoms with van der Waals surface area (Å²) in [5, 5.41) is 12.6. The van der Waals surface area contributed by atoms with Crippen LogP contribution in [0.15, 0.2) is 36.5 Å². The van der Waals surface area contributed by atoms with E-state index in [0.717, 1.165) is 30.2 Å². The summed E-state index contributed by atoms with van der Waals surface area (Å²) in [6, 6.07) is 11.8. The Morgan fingerprint density at radius 2 is 2.24 bits per heavy atom. The Kier molecular flexibility index (Phi) is 3.94. The standard InChI is InChI=1S/C15H10IN3OS/c1-20-11-4-2-3-10(5-11)19-14-9(7-17)8-18-12-6-13(16)21-15(12)14/h2-6,8H,1H3,(H,18,19). The van der Waals surface area contributed by atoms with Crippen molar-refractivity contribution in [1.29, 1.82) is 5.26 Å². The first-order valence-electron chi connectivity index (χ1n) is 6.10. The summed E-state index contributed by atoms with van der Waals surface area (Å²) in [5.41, 5.74) is 3.10. The van der Waals surface area contributed by atoms with Gasteiger partial charge in [-0.05, 0) is 40.8 Å². The van der Waals surface area contributed by atoms with Crippen molar-refractivity contribution in [2.45, 2.75) is 0 Å². The normalized spacial score (nSPS) is 10.3. The molecule has 104 valence electrons. The minimum Gasteiger partial charge on any atom is -0.497 e. The van der Waals surface area contributed by atoms with E-state index in [0.29, 0.717) is 5.56 Å². The van der Waals surface area contributed by atoms with E-state index < -0.39 is 0 Å². The molecular weight excluding hydrogens is 397 g/mol. The fourth-order valence-corrected chi connectivity index (χ4v) is 3.80. The zero-order valence-electron chi connectivity index (χ0n) is 11.1. The minimum atomic E-state index is 0.531. The number of aromatic nitrogens is 1. The zero-order chi connectivity index (χ0) is 14.8. The number of benzene rings is 1. The van der Waals surface area contributed by atoms with Gasteiger partial charge in [0, 0.05) is 18.0 Å². The molecule has 2 heterocycles. The molecule has 0 unspecified atom stereocenters. The monoisotopic (exact) mass is 407 g/mol. The number of hydrogen-bond donors (Lipinski definition) is 1. The molecular formula is C15H10IN3OS. The van der Waals surface area contributed by atoms with Crippen molar-refractivity contribution in [3.05, 3.63) is 45.0 Å². The number of thiophene rings is 1. The lowest BCUT2D eigenvalue weighted by Gasteiger charge is -2.10. The number of nitrogens with zero attached hydrogens (tertiary/aromatic N) is 2. The molecule has 2 aromatic heterocycles. The maximum absolute atomic E-state index is 9.31. The van der Waals surface area contributed by atoms with Crippen molar-refractivity contribution in [2.75, 3.05) is 12.4 Å². The van der Waals surface area contributed by atoms with Gasteiger partial charge in [-0.25, -0.2) is 0 Å². The average Bonchev–Trinajstić information content (AvgIpc) is 2.88. The van der Waals surface area contributed by atoms with Crippen molar-refractivity contribution in [2.24, 2.45) is 0 Å². The van der Waals surface area contributed by atoms with Crippen LogP contribution in [-0.4, -0.2) is 12.1 Å². The molecule has 0 aliphatic heterocycles. The molecule has 0 bridgehead atoms. The summed E-state index contributed by atoms with van der Waals surface area (Å²) < 4.78 is 7.35. The summed E-state index contributed by atoms with van der Waals surface area (Å²) in [6.07, 6.45) is 1.60. The van der Waals surface area contributed by atoms with E-state index in [2.05, 4.69) is 39.0 Å². The number of halogens is 1. The highest BCUT2D eigenvalue weighted by atomic mass is 127. The van der Waals surface area contributed by atoms with Crippen LogP contribution in [0.1, 0.15) is 5.56 Å². The van der Waals surface area contributed by atoms with Crippen molar-refractivity contribution < 1.29 is 4.74 Å². The quantitative estimate of drug-likeness (QED) is 0.649. The van der Waals surface area contributed by atoms with E-state index in [9.17, 15) is 5.26 Å². The summed E-state index contributed by atoms with van der Waals surface area (Å²) in [6.45, 7) is 0. The highest BCUT2D eigenvalue weighted by Gasteiger charge is 2.12. The molecule has 0 aliphatic rings. The van der Waals surface area contributed by atoms with Crippen LogP contribution in [0, 0.1) is 14.2 Å². The van der Waals surface area contributed by atoms with Crippen molar-refractivity contribution in [3.8, 4) is 11.8 Å². The number of rotatable bonds is 3. The van der Waals surface area contributed by atoms with E-state index >= 15 is 0 Å². The van der Waals surface area contributed by atoms with Gasteiger partial charge in [0.05, 0.1) is 31.5 Å². The number of nitriles is 1. The Morgan fingerprint density at radius 3 is 3.00 bits per heavy atom. The van der Waals surface area contributed by atoms with Crippen molar-refractivity contribution in [1.82, 2.24) is 4.98 Å². The third-order valence-electron chi connectivity index (χ3n) is 2.97. The van der Waals surface area contributed by atoms with Gasteiger partial charge in [-0.15, -0.1) is 11.3 Å². The Balaban J connectivity index is 2.12. The van der Waals surface area contributed by atoms with Crippen LogP contribution in [0.4, 0.5) is 11.4 Å². The molecule has 0 fully saturated rings. The summed E-state index contributed by atoms with van der Waals surface area (Å²) >= 11 is 3.88. The van der Waals surface area contributed by atoms with Crippen LogP contribution < -0.4 is 10.1 Å². The average molecular weight is 407 g/mol. The summed E-state index contributed by atoms with van der Waals surface area (Å²) in [5.74, 6) is 0.768. The first-order valence-corrected chi connectivity index (χ1v) is 8.00. The predicted molar refractivity (Wildman–Crippen MR) is 93.3 cm³/mol. The van der Waals surface area contributed by atoms with Crippen molar-refractivity contribution >= 4 is 55.5 Å². The molecule has 0 amide bonds. The molecule has 0 radical (unpaired) electrons. The molecule has 0 aliphatic carbocycles. The SMILES string of the molecule is COc1cccc(Nc2c(C#N)cnc3cc(I)sc23)c1. The first-order chi connectivity index (χ1) is 10.2. The van der Waals surface area contributed by atoms with E-state index in [1.807, 2.05) is 30.3 Å². The second-order valence-electron chi connectivity index (χ2n) is 4.28. The van der Waals surface area contributed by atoms with Crippen LogP contribution >= 0.6 is 33.9 Å². The molecule has 21 heavy (non-hydrogen) atoms. The Bertz CT molecular complexity index is 854. The minimum absolute atomic E-state index is 0.531. The lowest BCUT2D eigenvalue weighted by atomic mass is 10.2. The van der Waals surface area contributed by atoms with Crippen LogP contribution in [0.25, 0.3) is 10.2 Å². The molecule has 0 saturated heterocycles. The molecule has 0 spiro atoms. The second-order valence-corrected chi connectivity index (χ2v) is 7.23. The fraction of sp³-hybridized carbons (Fsp3) is 0.0667. The Hall–Kier alpha value is -1.85. The smallest absolute Gasteiger partial charge is 0.120 e. The Labute approximate surface area is 139 Å². The second kappa shape index (κ2) is 5.87. The largest absolute Gasteiger partial charge is 0.497 e. The van der Waals surface area contributed by atoms with Gasteiger partial charge in [-0.1, -0.05) is 6.07 Å². The zero-order valence-corrected chi connectivity index (χ0v) is 14.0. The number of hydrogen-bond acceptors (Lipinski definition) is 5.